The van der Waals surface area contributed by atoms with Crippen LogP contribution in [0.3, 0.4) is 0 Å². The molecule has 1 heterocycles. The van der Waals surface area contributed by atoms with Gasteiger partial charge in [0.05, 0.1) is 6.10 Å². The van der Waals surface area contributed by atoms with Crippen LogP contribution in [-0.2, 0) is 0 Å². The van der Waals surface area contributed by atoms with E-state index in [2.05, 4.69) is 49.6 Å². The molecule has 0 saturated heterocycles. The molecule has 0 spiro atoms. The van der Waals surface area contributed by atoms with Crippen LogP contribution in [0.2, 0.25) is 0 Å². The molecule has 1 aromatic carbocycles. The summed E-state index contributed by atoms with van der Waals surface area (Å²) in [7, 11) is 0. The van der Waals surface area contributed by atoms with E-state index in [1.807, 2.05) is 6.92 Å². The van der Waals surface area contributed by atoms with Crippen LogP contribution in [-0.4, -0.2) is 9.67 Å². The van der Waals surface area contributed by atoms with Crippen molar-refractivity contribution in [3.05, 3.63) is 35.5 Å². The smallest absolute Gasteiger partial charge is 0.0912 e. The summed E-state index contributed by atoms with van der Waals surface area (Å²) in [5, 5.41) is 11.1. The molecule has 0 fully saturated rings. The van der Waals surface area contributed by atoms with Crippen LogP contribution >= 0.6 is 0 Å². The SMILES string of the molecule is Cc1cccc2c1cc(C(C)O)n2C(C)C. The minimum atomic E-state index is -0.422. The molecule has 1 aromatic heterocycles. The third-order valence-corrected chi connectivity index (χ3v) is 3.08. The number of aliphatic hydroxyl groups is 1. The van der Waals surface area contributed by atoms with Gasteiger partial charge in [-0.05, 0) is 45.4 Å². The lowest BCUT2D eigenvalue weighted by atomic mass is 10.1. The quantitative estimate of drug-likeness (QED) is 0.817. The van der Waals surface area contributed by atoms with Gasteiger partial charge in [0, 0.05) is 22.6 Å². The lowest BCUT2D eigenvalue weighted by molar-refractivity contribution is 0.188. The maximum Gasteiger partial charge on any atom is 0.0912 e. The minimum Gasteiger partial charge on any atom is -0.387 e. The Balaban J connectivity index is 2.81. The Kier molecular flexibility index (Phi) is 2.76. The second-order valence-corrected chi connectivity index (χ2v) is 4.72. The number of benzene rings is 1. The van der Waals surface area contributed by atoms with E-state index in [0.29, 0.717) is 6.04 Å². The number of nitrogens with zero attached hydrogens (tertiary/aromatic N) is 1. The predicted octanol–water partition coefficient (Wildman–Crippen LogP) is 3.58. The summed E-state index contributed by atoms with van der Waals surface area (Å²) in [4.78, 5) is 0. The van der Waals surface area contributed by atoms with Gasteiger partial charge in [0.1, 0.15) is 0 Å². The number of aryl methyl sites for hydroxylation is 1. The van der Waals surface area contributed by atoms with Crippen LogP contribution in [0, 0.1) is 6.92 Å². The van der Waals surface area contributed by atoms with Gasteiger partial charge in [-0.3, -0.25) is 0 Å². The fourth-order valence-corrected chi connectivity index (χ4v) is 2.32. The number of hydrogen-bond acceptors (Lipinski definition) is 1. The highest BCUT2D eigenvalue weighted by Gasteiger charge is 2.15. The van der Waals surface area contributed by atoms with Crippen molar-refractivity contribution >= 4 is 10.9 Å². The molecule has 2 rings (SSSR count). The molecule has 0 bridgehead atoms. The Hall–Kier alpha value is -1.28. The minimum absolute atomic E-state index is 0.365. The molecule has 0 radical (unpaired) electrons. The summed E-state index contributed by atoms with van der Waals surface area (Å²) in [5.41, 5.74) is 3.48. The molecule has 0 aliphatic carbocycles. The molecule has 2 heteroatoms. The second-order valence-electron chi connectivity index (χ2n) is 4.72. The molecular weight excluding hydrogens is 198 g/mol. The van der Waals surface area contributed by atoms with Gasteiger partial charge in [-0.1, -0.05) is 12.1 Å². The molecule has 86 valence electrons. The van der Waals surface area contributed by atoms with Crippen molar-refractivity contribution in [2.45, 2.75) is 39.8 Å². The normalized spacial score (nSPS) is 13.6. The summed E-state index contributed by atoms with van der Waals surface area (Å²) in [6.07, 6.45) is -0.422. The lowest BCUT2D eigenvalue weighted by Gasteiger charge is -2.16. The van der Waals surface area contributed by atoms with Gasteiger partial charge in [0.15, 0.2) is 0 Å². The second kappa shape index (κ2) is 3.95. The van der Waals surface area contributed by atoms with E-state index in [0.717, 1.165) is 5.69 Å². The van der Waals surface area contributed by atoms with E-state index in [1.165, 1.54) is 16.5 Å². The predicted molar refractivity (Wildman–Crippen MR) is 67.7 cm³/mol. The first-order valence-electron chi connectivity index (χ1n) is 5.81. The summed E-state index contributed by atoms with van der Waals surface area (Å²) in [6.45, 7) is 8.22. The van der Waals surface area contributed by atoms with E-state index >= 15 is 0 Å². The highest BCUT2D eigenvalue weighted by atomic mass is 16.3. The van der Waals surface area contributed by atoms with Gasteiger partial charge in [-0.2, -0.15) is 0 Å². The summed E-state index contributed by atoms with van der Waals surface area (Å²) in [5.74, 6) is 0. The fraction of sp³-hybridized carbons (Fsp3) is 0.429. The molecule has 16 heavy (non-hydrogen) atoms. The van der Waals surface area contributed by atoms with Crippen LogP contribution < -0.4 is 0 Å². The van der Waals surface area contributed by atoms with Gasteiger partial charge < -0.3 is 9.67 Å². The largest absolute Gasteiger partial charge is 0.387 e. The third-order valence-electron chi connectivity index (χ3n) is 3.08. The first-order valence-corrected chi connectivity index (χ1v) is 5.81. The average molecular weight is 217 g/mol. The van der Waals surface area contributed by atoms with Crippen LogP contribution in [0.15, 0.2) is 24.3 Å². The highest BCUT2D eigenvalue weighted by Crippen LogP contribution is 2.29. The van der Waals surface area contributed by atoms with Crippen LogP contribution in [0.5, 0.6) is 0 Å². The topological polar surface area (TPSA) is 25.2 Å². The first-order chi connectivity index (χ1) is 7.52. The Morgan fingerprint density at radius 1 is 1.19 bits per heavy atom. The van der Waals surface area contributed by atoms with Crippen LogP contribution in [0.1, 0.15) is 44.2 Å². The maximum atomic E-state index is 9.82. The van der Waals surface area contributed by atoms with Crippen molar-refractivity contribution < 1.29 is 5.11 Å². The van der Waals surface area contributed by atoms with Crippen molar-refractivity contribution in [3.63, 3.8) is 0 Å². The fourth-order valence-electron chi connectivity index (χ4n) is 2.32. The van der Waals surface area contributed by atoms with E-state index in [4.69, 9.17) is 0 Å². The van der Waals surface area contributed by atoms with Gasteiger partial charge >= 0.3 is 0 Å². The number of hydrogen-bond donors (Lipinski definition) is 1. The monoisotopic (exact) mass is 217 g/mol. The van der Waals surface area contributed by atoms with Crippen LogP contribution in [0.25, 0.3) is 10.9 Å². The molecule has 1 unspecified atom stereocenters. The molecule has 1 atom stereocenters. The van der Waals surface area contributed by atoms with Gasteiger partial charge in [0.25, 0.3) is 0 Å². The van der Waals surface area contributed by atoms with E-state index in [-0.39, 0.29) is 0 Å². The van der Waals surface area contributed by atoms with Crippen molar-refractivity contribution in [1.29, 1.82) is 0 Å². The summed E-state index contributed by atoms with van der Waals surface area (Å²) in [6, 6.07) is 8.77. The van der Waals surface area contributed by atoms with Gasteiger partial charge in [0.2, 0.25) is 0 Å². The van der Waals surface area contributed by atoms with E-state index < -0.39 is 6.10 Å². The standard InChI is InChI=1S/C14H19NO/c1-9(2)15-13-7-5-6-10(3)12(13)8-14(15)11(4)16/h5-9,11,16H,1-4H3. The molecule has 2 aromatic rings. The number of rotatable bonds is 2. The van der Waals surface area contributed by atoms with Crippen molar-refractivity contribution in [2.75, 3.05) is 0 Å². The molecule has 0 saturated carbocycles. The molecule has 0 aliphatic heterocycles. The van der Waals surface area contributed by atoms with Crippen molar-refractivity contribution in [2.24, 2.45) is 0 Å². The van der Waals surface area contributed by atoms with Gasteiger partial charge in [-0.15, -0.1) is 0 Å². The third kappa shape index (κ3) is 1.63. The molecule has 0 amide bonds. The number of fused-ring (bicyclic) bond motifs is 1. The molecule has 0 aliphatic rings. The Morgan fingerprint density at radius 3 is 2.44 bits per heavy atom. The van der Waals surface area contributed by atoms with Crippen molar-refractivity contribution in [1.82, 2.24) is 4.57 Å². The van der Waals surface area contributed by atoms with E-state index in [1.54, 1.807) is 0 Å². The zero-order valence-electron chi connectivity index (χ0n) is 10.4. The molecular formula is C14H19NO. The summed E-state index contributed by atoms with van der Waals surface area (Å²) >= 11 is 0. The Bertz CT molecular complexity index is 509. The first kappa shape index (κ1) is 11.2. The highest BCUT2D eigenvalue weighted by molar-refractivity contribution is 5.84. The van der Waals surface area contributed by atoms with Gasteiger partial charge in [-0.25, -0.2) is 0 Å². The maximum absolute atomic E-state index is 9.82. The van der Waals surface area contributed by atoms with Crippen molar-refractivity contribution in [3.8, 4) is 0 Å². The molecule has 1 N–H and O–H groups in total. The average Bonchev–Trinajstić information content (AvgIpc) is 2.58. The van der Waals surface area contributed by atoms with Crippen LogP contribution in [0.4, 0.5) is 0 Å². The Morgan fingerprint density at radius 2 is 1.88 bits per heavy atom. The summed E-state index contributed by atoms with van der Waals surface area (Å²) < 4.78 is 2.22. The number of aliphatic hydroxyl groups excluding tert-OH is 1. The molecule has 2 nitrogen and oxygen atoms in total. The zero-order chi connectivity index (χ0) is 11.9. The van der Waals surface area contributed by atoms with E-state index in [9.17, 15) is 5.11 Å². The zero-order valence-corrected chi connectivity index (χ0v) is 10.4. The Labute approximate surface area is 96.5 Å². The number of aromatic nitrogens is 1. The lowest BCUT2D eigenvalue weighted by Crippen LogP contribution is -2.07.